The van der Waals surface area contributed by atoms with Crippen LogP contribution >= 0.6 is 11.6 Å². The molecule has 168 valence electrons. The summed E-state index contributed by atoms with van der Waals surface area (Å²) in [6.45, 7) is -0.210. The van der Waals surface area contributed by atoms with Gasteiger partial charge in [0.1, 0.15) is 17.7 Å². The fourth-order valence-corrected chi connectivity index (χ4v) is 3.56. The lowest BCUT2D eigenvalue weighted by molar-refractivity contribution is -0.121. The number of carbonyl (C=O) groups is 1. The van der Waals surface area contributed by atoms with Gasteiger partial charge in [0.15, 0.2) is 11.5 Å². The summed E-state index contributed by atoms with van der Waals surface area (Å²) in [5, 5.41) is 3.38. The molecule has 0 atom stereocenters. The standard InChI is InChI=1S/C23H20ClN5O4/c1-28-21-18(12-26-20(27-21)15-6-8-17(33-2)9-7-15)22(31)29(23(28)32)13-19(30)25-11-14-4-3-5-16(24)10-14/h3-10,12H,11,13H2,1-2H3,(H,25,30). The fourth-order valence-electron chi connectivity index (χ4n) is 3.35. The van der Waals surface area contributed by atoms with Crippen molar-refractivity contribution in [1.29, 1.82) is 0 Å². The highest BCUT2D eigenvalue weighted by molar-refractivity contribution is 6.30. The number of amides is 1. The number of nitrogens with zero attached hydrogens (tertiary/aromatic N) is 4. The van der Waals surface area contributed by atoms with Gasteiger partial charge in [0.05, 0.1) is 7.11 Å². The van der Waals surface area contributed by atoms with E-state index in [1.165, 1.54) is 17.8 Å². The maximum absolute atomic E-state index is 12.9. The lowest BCUT2D eigenvalue weighted by atomic mass is 10.2. The Hall–Kier alpha value is -3.98. The number of aromatic nitrogens is 4. The number of hydrogen-bond donors (Lipinski definition) is 1. The number of rotatable bonds is 6. The molecule has 0 unspecified atom stereocenters. The van der Waals surface area contributed by atoms with E-state index in [0.29, 0.717) is 22.2 Å². The van der Waals surface area contributed by atoms with E-state index >= 15 is 0 Å². The number of methoxy groups -OCH3 is 1. The molecule has 0 aliphatic rings. The summed E-state index contributed by atoms with van der Waals surface area (Å²) in [5.74, 6) is 0.560. The van der Waals surface area contributed by atoms with Crippen LogP contribution in [0, 0.1) is 0 Å². The maximum Gasteiger partial charge on any atom is 0.332 e. The minimum Gasteiger partial charge on any atom is -0.497 e. The highest BCUT2D eigenvalue weighted by Crippen LogP contribution is 2.20. The molecule has 0 fully saturated rings. The van der Waals surface area contributed by atoms with Gasteiger partial charge in [-0.15, -0.1) is 0 Å². The average Bonchev–Trinajstić information content (AvgIpc) is 2.84. The minimum absolute atomic E-state index is 0.136. The smallest absolute Gasteiger partial charge is 0.332 e. The van der Waals surface area contributed by atoms with Crippen molar-refractivity contribution in [3.05, 3.63) is 86.2 Å². The Morgan fingerprint density at radius 3 is 2.61 bits per heavy atom. The fraction of sp³-hybridized carbons (Fsp3) is 0.174. The Morgan fingerprint density at radius 2 is 1.91 bits per heavy atom. The zero-order chi connectivity index (χ0) is 23.5. The van der Waals surface area contributed by atoms with Gasteiger partial charge in [0, 0.05) is 30.4 Å². The summed E-state index contributed by atoms with van der Waals surface area (Å²) in [6.07, 6.45) is 1.37. The zero-order valence-corrected chi connectivity index (χ0v) is 18.7. The van der Waals surface area contributed by atoms with E-state index in [1.54, 1.807) is 49.6 Å². The second-order valence-electron chi connectivity index (χ2n) is 7.30. The van der Waals surface area contributed by atoms with E-state index in [2.05, 4.69) is 15.3 Å². The molecule has 10 heteroatoms. The van der Waals surface area contributed by atoms with Crippen molar-refractivity contribution >= 4 is 28.5 Å². The minimum atomic E-state index is -0.648. The molecule has 0 saturated carbocycles. The van der Waals surface area contributed by atoms with Crippen molar-refractivity contribution in [3.8, 4) is 17.1 Å². The van der Waals surface area contributed by atoms with Gasteiger partial charge in [0.2, 0.25) is 5.91 Å². The molecule has 0 spiro atoms. The first-order valence-corrected chi connectivity index (χ1v) is 10.4. The van der Waals surface area contributed by atoms with Gasteiger partial charge >= 0.3 is 5.69 Å². The second kappa shape index (κ2) is 9.25. The molecule has 2 aromatic carbocycles. The normalized spacial score (nSPS) is 10.9. The summed E-state index contributed by atoms with van der Waals surface area (Å²) >= 11 is 5.95. The summed E-state index contributed by atoms with van der Waals surface area (Å²) in [7, 11) is 3.06. The molecule has 4 rings (SSSR count). The van der Waals surface area contributed by atoms with E-state index in [0.717, 1.165) is 10.1 Å². The third kappa shape index (κ3) is 4.63. The summed E-state index contributed by atoms with van der Waals surface area (Å²) in [5.41, 5.74) is 0.405. The monoisotopic (exact) mass is 465 g/mol. The van der Waals surface area contributed by atoms with Crippen LogP contribution in [0.2, 0.25) is 5.02 Å². The topological polar surface area (TPSA) is 108 Å². The third-order valence-corrected chi connectivity index (χ3v) is 5.34. The maximum atomic E-state index is 12.9. The number of halogens is 1. The Balaban J connectivity index is 1.62. The van der Waals surface area contributed by atoms with Crippen molar-refractivity contribution in [1.82, 2.24) is 24.4 Å². The Labute approximate surface area is 193 Å². The number of benzene rings is 2. The van der Waals surface area contributed by atoms with Gasteiger partial charge < -0.3 is 10.1 Å². The number of aryl methyl sites for hydroxylation is 1. The van der Waals surface area contributed by atoms with Crippen molar-refractivity contribution in [3.63, 3.8) is 0 Å². The number of nitrogens with one attached hydrogen (secondary N) is 1. The molecular weight excluding hydrogens is 446 g/mol. The molecule has 4 aromatic rings. The SMILES string of the molecule is COc1ccc(-c2ncc3c(=O)n(CC(=O)NCc4cccc(Cl)c4)c(=O)n(C)c3n2)cc1. The number of fused-ring (bicyclic) bond motifs is 1. The van der Waals surface area contributed by atoms with Crippen LogP contribution in [0.4, 0.5) is 0 Å². The quantitative estimate of drug-likeness (QED) is 0.467. The van der Waals surface area contributed by atoms with Crippen molar-refractivity contribution in [2.24, 2.45) is 7.05 Å². The molecule has 1 amide bonds. The molecule has 0 bridgehead atoms. The molecule has 0 saturated heterocycles. The van der Waals surface area contributed by atoms with E-state index in [4.69, 9.17) is 16.3 Å². The molecule has 2 aromatic heterocycles. The number of carbonyl (C=O) groups excluding carboxylic acids is 1. The number of hydrogen-bond acceptors (Lipinski definition) is 6. The van der Waals surface area contributed by atoms with E-state index in [9.17, 15) is 14.4 Å². The van der Waals surface area contributed by atoms with Crippen LogP contribution in [0.1, 0.15) is 5.56 Å². The van der Waals surface area contributed by atoms with Gasteiger partial charge in [-0.3, -0.25) is 18.7 Å². The summed E-state index contributed by atoms with van der Waals surface area (Å²) < 4.78 is 7.25. The molecule has 9 nitrogen and oxygen atoms in total. The number of ether oxygens (including phenoxy) is 1. The molecule has 1 N–H and O–H groups in total. The van der Waals surface area contributed by atoms with Crippen molar-refractivity contribution in [2.75, 3.05) is 7.11 Å². The van der Waals surface area contributed by atoms with Gasteiger partial charge in [-0.05, 0) is 42.0 Å². The van der Waals surface area contributed by atoms with Gasteiger partial charge in [-0.2, -0.15) is 0 Å². The van der Waals surface area contributed by atoms with Gasteiger partial charge in [-0.25, -0.2) is 14.8 Å². The van der Waals surface area contributed by atoms with E-state index < -0.39 is 23.7 Å². The Morgan fingerprint density at radius 1 is 1.15 bits per heavy atom. The van der Waals surface area contributed by atoms with Crippen LogP contribution < -0.4 is 21.3 Å². The van der Waals surface area contributed by atoms with Crippen LogP contribution in [-0.4, -0.2) is 32.1 Å². The molecule has 33 heavy (non-hydrogen) atoms. The van der Waals surface area contributed by atoms with Crippen molar-refractivity contribution in [2.45, 2.75) is 13.1 Å². The summed E-state index contributed by atoms with van der Waals surface area (Å²) in [4.78, 5) is 46.9. The lowest BCUT2D eigenvalue weighted by Crippen LogP contribution is -2.43. The van der Waals surface area contributed by atoms with Crippen LogP contribution in [0.3, 0.4) is 0 Å². The predicted octanol–water partition coefficient (Wildman–Crippen LogP) is 2.14. The van der Waals surface area contributed by atoms with Gasteiger partial charge in [-0.1, -0.05) is 23.7 Å². The first-order valence-electron chi connectivity index (χ1n) is 9.99. The lowest BCUT2D eigenvalue weighted by Gasteiger charge is -2.11. The molecule has 0 aliphatic carbocycles. The Bertz CT molecular complexity index is 1460. The highest BCUT2D eigenvalue weighted by Gasteiger charge is 2.16. The highest BCUT2D eigenvalue weighted by atomic mass is 35.5. The van der Waals surface area contributed by atoms with Crippen LogP contribution in [0.15, 0.2) is 64.3 Å². The van der Waals surface area contributed by atoms with Crippen LogP contribution in [-0.2, 0) is 24.9 Å². The first kappa shape index (κ1) is 22.2. The molecule has 2 heterocycles. The third-order valence-electron chi connectivity index (χ3n) is 5.11. The molecular formula is C23H20ClN5O4. The largest absolute Gasteiger partial charge is 0.497 e. The second-order valence-corrected chi connectivity index (χ2v) is 7.74. The average molecular weight is 466 g/mol. The van der Waals surface area contributed by atoms with Crippen LogP contribution in [0.5, 0.6) is 5.75 Å². The molecule has 0 aliphatic heterocycles. The van der Waals surface area contributed by atoms with E-state index in [-0.39, 0.29) is 17.6 Å². The zero-order valence-electron chi connectivity index (χ0n) is 17.9. The Kier molecular flexibility index (Phi) is 6.23. The van der Waals surface area contributed by atoms with Gasteiger partial charge in [0.25, 0.3) is 5.56 Å². The predicted molar refractivity (Wildman–Crippen MR) is 124 cm³/mol. The van der Waals surface area contributed by atoms with E-state index in [1.807, 2.05) is 6.07 Å². The molecule has 0 radical (unpaired) electrons. The van der Waals surface area contributed by atoms with Crippen LogP contribution in [0.25, 0.3) is 22.4 Å². The summed E-state index contributed by atoms with van der Waals surface area (Å²) in [6, 6.07) is 14.1. The first-order chi connectivity index (χ1) is 15.9. The van der Waals surface area contributed by atoms with Crippen molar-refractivity contribution < 1.29 is 9.53 Å².